The summed E-state index contributed by atoms with van der Waals surface area (Å²) in [4.78, 5) is 25.4. The van der Waals surface area contributed by atoms with E-state index in [9.17, 15) is 9.59 Å². The Morgan fingerprint density at radius 2 is 1.96 bits per heavy atom. The maximum Gasteiger partial charge on any atom is 0.150 e. The van der Waals surface area contributed by atoms with E-state index >= 15 is 0 Å². The summed E-state index contributed by atoms with van der Waals surface area (Å²) in [6.45, 7) is 4.15. The van der Waals surface area contributed by atoms with E-state index in [1.165, 1.54) is 5.56 Å². The van der Waals surface area contributed by atoms with Gasteiger partial charge < -0.3 is 15.0 Å². The number of aldehydes is 2. The monoisotopic (exact) mass is 352 g/mol. The number of carbonyl (C=O) groups excluding carboxylic acids is 2. The van der Waals surface area contributed by atoms with E-state index in [0.29, 0.717) is 11.5 Å². The van der Waals surface area contributed by atoms with Gasteiger partial charge in [0.15, 0.2) is 6.29 Å². The van der Waals surface area contributed by atoms with Crippen LogP contribution in [0.3, 0.4) is 0 Å². The minimum absolute atomic E-state index is 0.173. The first-order valence-electron chi connectivity index (χ1n) is 9.60. The van der Waals surface area contributed by atoms with Crippen LogP contribution in [0.5, 0.6) is 0 Å². The molecule has 0 radical (unpaired) electrons. The molecule has 4 heteroatoms. The van der Waals surface area contributed by atoms with Gasteiger partial charge in [-0.15, -0.1) is 0 Å². The molecule has 0 aromatic heterocycles. The van der Waals surface area contributed by atoms with Crippen molar-refractivity contribution in [1.29, 1.82) is 0 Å². The Bertz CT molecular complexity index is 781. The number of rotatable bonds is 7. The zero-order valence-corrected chi connectivity index (χ0v) is 15.7. The van der Waals surface area contributed by atoms with Crippen LogP contribution in [-0.4, -0.2) is 38.8 Å². The normalized spacial score (nSPS) is 16.4. The molecule has 1 heterocycles. The number of nitrogens with one attached hydrogen (secondary N) is 1. The summed E-state index contributed by atoms with van der Waals surface area (Å²) in [5.41, 5.74) is 2.98. The van der Waals surface area contributed by atoms with Gasteiger partial charge in [0.05, 0.1) is 6.04 Å². The molecule has 138 valence electrons. The summed E-state index contributed by atoms with van der Waals surface area (Å²) in [5.74, 6) is 0.512. The molecule has 1 atom stereocenters. The number of benzene rings is 2. The summed E-state index contributed by atoms with van der Waals surface area (Å²) >= 11 is 0. The maximum atomic E-state index is 11.7. The Morgan fingerprint density at radius 1 is 1.19 bits per heavy atom. The largest absolute Gasteiger partial charge is 0.364 e. The van der Waals surface area contributed by atoms with Crippen molar-refractivity contribution in [3.63, 3.8) is 0 Å². The number of carbonyl (C=O) groups is 2. The van der Waals surface area contributed by atoms with Crippen LogP contribution in [0.25, 0.3) is 10.8 Å². The third-order valence-corrected chi connectivity index (χ3v) is 5.61. The van der Waals surface area contributed by atoms with Gasteiger partial charge in [-0.25, -0.2) is 0 Å². The molecule has 0 spiro atoms. The van der Waals surface area contributed by atoms with E-state index in [4.69, 9.17) is 0 Å². The number of fused-ring (bicyclic) bond motifs is 1. The van der Waals surface area contributed by atoms with Crippen LogP contribution in [-0.2, 0) is 4.79 Å². The second-order valence-electron chi connectivity index (χ2n) is 7.19. The van der Waals surface area contributed by atoms with Crippen LogP contribution in [0.2, 0.25) is 0 Å². The number of hydrogen-bond donors (Lipinski definition) is 1. The summed E-state index contributed by atoms with van der Waals surface area (Å²) in [5, 5.41) is 5.54. The van der Waals surface area contributed by atoms with Gasteiger partial charge in [0.25, 0.3) is 0 Å². The molecular weight excluding hydrogens is 324 g/mol. The van der Waals surface area contributed by atoms with Crippen molar-refractivity contribution in [1.82, 2.24) is 5.32 Å². The molecule has 1 saturated heterocycles. The maximum absolute atomic E-state index is 11.7. The van der Waals surface area contributed by atoms with E-state index < -0.39 is 0 Å². The Hall–Kier alpha value is -2.20. The van der Waals surface area contributed by atoms with E-state index in [1.807, 2.05) is 24.1 Å². The molecule has 0 amide bonds. The average Bonchev–Trinajstić information content (AvgIpc) is 2.70. The predicted molar refractivity (Wildman–Crippen MR) is 107 cm³/mol. The van der Waals surface area contributed by atoms with Crippen molar-refractivity contribution in [2.24, 2.45) is 0 Å². The molecule has 1 N–H and O–H groups in total. The SMILES string of the molecule is CCCC(C=O)N(C)c1ccc(C2CCNCC2)c2cccc(C=O)c12. The molecule has 1 aliphatic rings. The first kappa shape index (κ1) is 18.6. The Labute approximate surface area is 155 Å². The molecule has 0 bridgehead atoms. The van der Waals surface area contributed by atoms with E-state index in [2.05, 4.69) is 30.4 Å². The fourth-order valence-electron chi connectivity index (χ4n) is 4.15. The highest BCUT2D eigenvalue weighted by molar-refractivity contribution is 6.07. The van der Waals surface area contributed by atoms with E-state index in [0.717, 1.165) is 67.8 Å². The zero-order valence-electron chi connectivity index (χ0n) is 15.7. The van der Waals surface area contributed by atoms with Gasteiger partial charge in [-0.3, -0.25) is 4.79 Å². The molecule has 26 heavy (non-hydrogen) atoms. The fraction of sp³-hybridized carbons (Fsp3) is 0.455. The van der Waals surface area contributed by atoms with Crippen LogP contribution >= 0.6 is 0 Å². The van der Waals surface area contributed by atoms with Crippen molar-refractivity contribution in [3.05, 3.63) is 41.5 Å². The van der Waals surface area contributed by atoms with Crippen LogP contribution in [0.4, 0.5) is 5.69 Å². The smallest absolute Gasteiger partial charge is 0.150 e. The van der Waals surface area contributed by atoms with Crippen molar-refractivity contribution < 1.29 is 9.59 Å². The van der Waals surface area contributed by atoms with E-state index in [1.54, 1.807) is 0 Å². The van der Waals surface area contributed by atoms with Crippen LogP contribution < -0.4 is 10.2 Å². The zero-order chi connectivity index (χ0) is 18.5. The summed E-state index contributed by atoms with van der Waals surface area (Å²) in [6.07, 6.45) is 5.92. The lowest BCUT2D eigenvalue weighted by Gasteiger charge is -2.30. The topological polar surface area (TPSA) is 49.4 Å². The minimum atomic E-state index is -0.173. The highest BCUT2D eigenvalue weighted by Gasteiger charge is 2.22. The van der Waals surface area contributed by atoms with Crippen molar-refractivity contribution in [2.75, 3.05) is 25.0 Å². The lowest BCUT2D eigenvalue weighted by Crippen LogP contribution is -2.33. The number of likely N-dealkylation sites (N-methyl/N-ethyl adjacent to an activating group) is 1. The Kier molecular flexibility index (Phi) is 6.04. The molecule has 1 unspecified atom stereocenters. The lowest BCUT2D eigenvalue weighted by molar-refractivity contribution is -0.109. The standard InChI is InChI=1S/C22H28N2O2/c1-3-5-18(15-26)24(2)21-9-8-19(16-10-12-23-13-11-16)20-7-4-6-17(14-25)22(20)21/h4,6-9,14-16,18,23H,3,5,10-13H2,1-2H3. The van der Waals surface area contributed by atoms with Crippen LogP contribution in [0.15, 0.2) is 30.3 Å². The minimum Gasteiger partial charge on any atom is -0.364 e. The summed E-state index contributed by atoms with van der Waals surface area (Å²) < 4.78 is 0. The molecule has 0 saturated carbocycles. The fourth-order valence-corrected chi connectivity index (χ4v) is 4.15. The second-order valence-corrected chi connectivity index (χ2v) is 7.19. The van der Waals surface area contributed by atoms with Gasteiger partial charge in [0.1, 0.15) is 6.29 Å². The summed E-state index contributed by atoms with van der Waals surface area (Å²) in [7, 11) is 1.95. The highest BCUT2D eigenvalue weighted by atomic mass is 16.1. The van der Waals surface area contributed by atoms with Gasteiger partial charge >= 0.3 is 0 Å². The lowest BCUT2D eigenvalue weighted by atomic mass is 9.85. The Morgan fingerprint density at radius 3 is 2.62 bits per heavy atom. The number of nitrogens with zero attached hydrogens (tertiary/aromatic N) is 1. The van der Waals surface area contributed by atoms with Gasteiger partial charge in [-0.2, -0.15) is 0 Å². The van der Waals surface area contributed by atoms with Gasteiger partial charge in [-0.1, -0.05) is 37.6 Å². The number of piperidine rings is 1. The number of anilines is 1. The molecule has 3 rings (SSSR count). The van der Waals surface area contributed by atoms with Gasteiger partial charge in [0, 0.05) is 23.7 Å². The van der Waals surface area contributed by atoms with Gasteiger partial charge in [0.2, 0.25) is 0 Å². The van der Waals surface area contributed by atoms with Crippen molar-refractivity contribution in [3.8, 4) is 0 Å². The molecule has 0 aliphatic carbocycles. The van der Waals surface area contributed by atoms with E-state index in [-0.39, 0.29) is 6.04 Å². The molecular formula is C22H28N2O2. The quantitative estimate of drug-likeness (QED) is 0.767. The first-order valence-corrected chi connectivity index (χ1v) is 9.60. The second kappa shape index (κ2) is 8.45. The third kappa shape index (κ3) is 3.51. The third-order valence-electron chi connectivity index (χ3n) is 5.61. The Balaban J connectivity index is 2.15. The van der Waals surface area contributed by atoms with Crippen molar-refractivity contribution in [2.45, 2.75) is 44.6 Å². The molecule has 1 aliphatic heterocycles. The van der Waals surface area contributed by atoms with Gasteiger partial charge in [-0.05, 0) is 55.3 Å². The highest BCUT2D eigenvalue weighted by Crippen LogP contribution is 2.38. The first-order chi connectivity index (χ1) is 12.7. The van der Waals surface area contributed by atoms with Crippen molar-refractivity contribution >= 4 is 29.0 Å². The predicted octanol–water partition coefficient (Wildman–Crippen LogP) is 3.92. The molecule has 1 fully saturated rings. The number of hydrogen-bond acceptors (Lipinski definition) is 4. The van der Waals surface area contributed by atoms with Crippen LogP contribution in [0, 0.1) is 0 Å². The van der Waals surface area contributed by atoms with Crippen LogP contribution in [0.1, 0.15) is 54.4 Å². The molecule has 2 aromatic carbocycles. The summed E-state index contributed by atoms with van der Waals surface area (Å²) in [6, 6.07) is 10.1. The average molecular weight is 352 g/mol. The molecule has 4 nitrogen and oxygen atoms in total. The molecule has 2 aromatic rings.